The summed E-state index contributed by atoms with van der Waals surface area (Å²) in [6.45, 7) is 5.52. The molecule has 1 heterocycles. The van der Waals surface area contributed by atoms with Crippen LogP contribution in [-0.2, 0) is 0 Å². The fraction of sp³-hybridized carbons (Fsp3) is 1.00. The van der Waals surface area contributed by atoms with Crippen molar-refractivity contribution in [3.63, 3.8) is 0 Å². The molecular formula is C8H17F2N. The van der Waals surface area contributed by atoms with Gasteiger partial charge in [0.2, 0.25) is 6.43 Å². The molecule has 0 aromatic rings. The van der Waals surface area contributed by atoms with Gasteiger partial charge < -0.3 is 5.32 Å². The normalized spacial score (nSPS) is 19.4. The van der Waals surface area contributed by atoms with Crippen molar-refractivity contribution in [3.8, 4) is 0 Å². The van der Waals surface area contributed by atoms with Crippen molar-refractivity contribution in [1.82, 2.24) is 5.32 Å². The van der Waals surface area contributed by atoms with E-state index in [1.54, 1.807) is 0 Å². The van der Waals surface area contributed by atoms with Gasteiger partial charge in [-0.15, -0.1) is 0 Å². The van der Waals surface area contributed by atoms with Crippen LogP contribution in [0.15, 0.2) is 0 Å². The minimum absolute atomic E-state index is 0.341. The first-order chi connectivity index (χ1) is 5.30. The summed E-state index contributed by atoms with van der Waals surface area (Å²) in [5.74, 6) is -0.341. The number of hydrogen-bond acceptors (Lipinski definition) is 1. The summed E-state index contributed by atoms with van der Waals surface area (Å²) in [4.78, 5) is 0. The Kier molecular flexibility index (Phi) is 6.42. The zero-order valence-corrected chi connectivity index (χ0v) is 7.24. The number of halogens is 2. The summed E-state index contributed by atoms with van der Waals surface area (Å²) >= 11 is 0. The number of alkyl halides is 2. The highest BCUT2D eigenvalue weighted by molar-refractivity contribution is 4.69. The predicted molar refractivity (Wildman–Crippen MR) is 42.9 cm³/mol. The molecule has 1 aliphatic rings. The van der Waals surface area contributed by atoms with E-state index in [9.17, 15) is 8.78 Å². The molecule has 0 amide bonds. The molecule has 0 aromatic heterocycles. The van der Waals surface area contributed by atoms with Crippen LogP contribution < -0.4 is 5.32 Å². The third-order valence-corrected chi connectivity index (χ3v) is 1.74. The molecule has 0 aromatic carbocycles. The van der Waals surface area contributed by atoms with Gasteiger partial charge in [-0.3, -0.25) is 0 Å². The highest BCUT2D eigenvalue weighted by Crippen LogP contribution is 2.19. The third kappa shape index (κ3) is 4.30. The average Bonchev–Trinajstić information content (AvgIpc) is 2.10. The number of rotatable bonds is 1. The first-order valence-electron chi connectivity index (χ1n) is 4.29. The summed E-state index contributed by atoms with van der Waals surface area (Å²) in [7, 11) is 0. The number of nitrogens with one attached hydrogen (secondary N) is 1. The van der Waals surface area contributed by atoms with Crippen LogP contribution in [0.25, 0.3) is 0 Å². The minimum Gasteiger partial charge on any atom is -0.317 e. The van der Waals surface area contributed by atoms with Crippen molar-refractivity contribution in [2.24, 2.45) is 5.92 Å². The Morgan fingerprint density at radius 2 is 1.64 bits per heavy atom. The summed E-state index contributed by atoms with van der Waals surface area (Å²) < 4.78 is 23.8. The number of hydrogen-bond donors (Lipinski definition) is 1. The van der Waals surface area contributed by atoms with Gasteiger partial charge >= 0.3 is 0 Å². The second-order valence-corrected chi connectivity index (χ2v) is 2.42. The highest BCUT2D eigenvalue weighted by atomic mass is 19.3. The second kappa shape index (κ2) is 6.53. The van der Waals surface area contributed by atoms with E-state index >= 15 is 0 Å². The smallest absolute Gasteiger partial charge is 0.241 e. The quantitative estimate of drug-likeness (QED) is 0.628. The highest BCUT2D eigenvalue weighted by Gasteiger charge is 2.21. The molecule has 0 atom stereocenters. The SMILES string of the molecule is CC.FC(F)C1CCNCC1. The van der Waals surface area contributed by atoms with Gasteiger partial charge in [0, 0.05) is 5.92 Å². The van der Waals surface area contributed by atoms with E-state index in [-0.39, 0.29) is 5.92 Å². The summed E-state index contributed by atoms with van der Waals surface area (Å²) in [5.41, 5.74) is 0. The van der Waals surface area contributed by atoms with E-state index in [0.29, 0.717) is 12.8 Å². The maximum absolute atomic E-state index is 11.9. The fourth-order valence-corrected chi connectivity index (χ4v) is 1.10. The summed E-state index contributed by atoms with van der Waals surface area (Å²) in [6, 6.07) is 0. The molecule has 1 aliphatic heterocycles. The van der Waals surface area contributed by atoms with Gasteiger partial charge in [0.15, 0.2) is 0 Å². The van der Waals surface area contributed by atoms with Crippen LogP contribution in [-0.4, -0.2) is 19.5 Å². The molecule has 0 saturated carbocycles. The topological polar surface area (TPSA) is 12.0 Å². The van der Waals surface area contributed by atoms with Gasteiger partial charge in [0.1, 0.15) is 0 Å². The minimum atomic E-state index is -2.10. The Balaban J connectivity index is 0.000000461. The fourth-order valence-electron chi connectivity index (χ4n) is 1.10. The van der Waals surface area contributed by atoms with Gasteiger partial charge in [-0.05, 0) is 25.9 Å². The molecule has 1 rings (SSSR count). The summed E-state index contributed by atoms with van der Waals surface area (Å²) in [5, 5.41) is 3.04. The van der Waals surface area contributed by atoms with E-state index in [4.69, 9.17) is 0 Å². The monoisotopic (exact) mass is 165 g/mol. The molecule has 0 radical (unpaired) electrons. The van der Waals surface area contributed by atoms with E-state index in [0.717, 1.165) is 13.1 Å². The standard InChI is InChI=1S/C6H11F2N.C2H6/c7-6(8)5-1-3-9-4-2-5;1-2/h5-6,9H,1-4H2;1-2H3. The lowest BCUT2D eigenvalue weighted by Crippen LogP contribution is -2.30. The molecule has 68 valence electrons. The van der Waals surface area contributed by atoms with Crippen molar-refractivity contribution in [2.75, 3.05) is 13.1 Å². The lowest BCUT2D eigenvalue weighted by molar-refractivity contribution is 0.0600. The van der Waals surface area contributed by atoms with Crippen molar-refractivity contribution < 1.29 is 8.78 Å². The molecule has 11 heavy (non-hydrogen) atoms. The van der Waals surface area contributed by atoms with Gasteiger partial charge in [0.25, 0.3) is 0 Å². The first kappa shape index (κ1) is 10.8. The van der Waals surface area contributed by atoms with Gasteiger partial charge in [-0.25, -0.2) is 8.78 Å². The van der Waals surface area contributed by atoms with E-state index in [1.165, 1.54) is 0 Å². The lowest BCUT2D eigenvalue weighted by atomic mass is 9.99. The van der Waals surface area contributed by atoms with Crippen LogP contribution in [0, 0.1) is 5.92 Å². The maximum Gasteiger partial charge on any atom is 0.241 e. The van der Waals surface area contributed by atoms with Crippen LogP contribution >= 0.6 is 0 Å². The molecule has 1 N–H and O–H groups in total. The zero-order valence-electron chi connectivity index (χ0n) is 7.24. The molecule has 1 fully saturated rings. The van der Waals surface area contributed by atoms with E-state index in [2.05, 4.69) is 5.32 Å². The molecule has 0 spiro atoms. The molecular weight excluding hydrogens is 148 g/mol. The zero-order chi connectivity index (χ0) is 8.69. The van der Waals surface area contributed by atoms with Crippen LogP contribution in [0.4, 0.5) is 8.78 Å². The van der Waals surface area contributed by atoms with Crippen molar-refractivity contribution in [2.45, 2.75) is 33.1 Å². The van der Waals surface area contributed by atoms with Gasteiger partial charge in [0.05, 0.1) is 0 Å². The first-order valence-corrected chi connectivity index (χ1v) is 4.29. The van der Waals surface area contributed by atoms with Crippen molar-refractivity contribution in [3.05, 3.63) is 0 Å². The second-order valence-electron chi connectivity index (χ2n) is 2.42. The van der Waals surface area contributed by atoms with Crippen LogP contribution in [0.2, 0.25) is 0 Å². The molecule has 1 nitrogen and oxygen atoms in total. The number of piperidine rings is 1. The van der Waals surface area contributed by atoms with Gasteiger partial charge in [-0.2, -0.15) is 0 Å². The Bertz CT molecular complexity index is 80.2. The Labute approximate surface area is 67.2 Å². The molecule has 3 heteroatoms. The Hall–Kier alpha value is -0.180. The van der Waals surface area contributed by atoms with Crippen LogP contribution in [0.3, 0.4) is 0 Å². The van der Waals surface area contributed by atoms with E-state index in [1.807, 2.05) is 13.8 Å². The molecule has 0 aliphatic carbocycles. The largest absolute Gasteiger partial charge is 0.317 e. The summed E-state index contributed by atoms with van der Waals surface area (Å²) in [6.07, 6.45) is -0.831. The Morgan fingerprint density at radius 3 is 1.91 bits per heavy atom. The average molecular weight is 165 g/mol. The molecule has 0 bridgehead atoms. The van der Waals surface area contributed by atoms with Gasteiger partial charge in [-0.1, -0.05) is 13.8 Å². The van der Waals surface area contributed by atoms with Crippen molar-refractivity contribution in [1.29, 1.82) is 0 Å². The third-order valence-electron chi connectivity index (χ3n) is 1.74. The van der Waals surface area contributed by atoms with Crippen LogP contribution in [0.5, 0.6) is 0 Å². The van der Waals surface area contributed by atoms with E-state index < -0.39 is 6.43 Å². The maximum atomic E-state index is 11.9. The van der Waals surface area contributed by atoms with Crippen molar-refractivity contribution >= 4 is 0 Å². The molecule has 0 unspecified atom stereocenters. The predicted octanol–water partition coefficient (Wildman–Crippen LogP) is 2.28. The Morgan fingerprint density at radius 1 is 1.18 bits per heavy atom. The lowest BCUT2D eigenvalue weighted by Gasteiger charge is -2.21. The molecule has 1 saturated heterocycles. The van der Waals surface area contributed by atoms with Crippen LogP contribution in [0.1, 0.15) is 26.7 Å².